The lowest BCUT2D eigenvalue weighted by Gasteiger charge is -2.14. The van der Waals surface area contributed by atoms with E-state index in [0.29, 0.717) is 5.82 Å². The van der Waals surface area contributed by atoms with Crippen LogP contribution in [0.3, 0.4) is 0 Å². The standard InChI is InChI=1S/C52H33N3O2/c1-32-10-2-3-14-41(32)47-30-46(54-52(55-47)36-12-8-11-33(24-36)37-13-9-23-53-31-37)40-26-38(34-19-21-50-44(28-34)42-15-4-6-17-48(42)56-50)25-39(27-40)35-20-22-51-45(29-35)43-16-5-7-18-49(43)57-51/h2-31H,1H3. The van der Waals surface area contributed by atoms with Gasteiger partial charge in [0.15, 0.2) is 5.82 Å². The van der Waals surface area contributed by atoms with Crippen molar-refractivity contribution >= 4 is 43.9 Å². The van der Waals surface area contributed by atoms with E-state index in [0.717, 1.165) is 111 Å². The van der Waals surface area contributed by atoms with Gasteiger partial charge in [-0.3, -0.25) is 4.98 Å². The van der Waals surface area contributed by atoms with Gasteiger partial charge in [0, 0.05) is 56.2 Å². The smallest absolute Gasteiger partial charge is 0.160 e. The number of hydrogen-bond acceptors (Lipinski definition) is 5. The average molecular weight is 732 g/mol. The Bertz CT molecular complexity index is 3190. The van der Waals surface area contributed by atoms with Crippen LogP contribution in [0.2, 0.25) is 0 Å². The monoisotopic (exact) mass is 731 g/mol. The highest BCUT2D eigenvalue weighted by molar-refractivity contribution is 6.07. The molecule has 0 aliphatic heterocycles. The fourth-order valence-corrected chi connectivity index (χ4v) is 8.01. The van der Waals surface area contributed by atoms with Crippen LogP contribution in [-0.4, -0.2) is 15.0 Å². The Labute approximate surface area is 328 Å². The van der Waals surface area contributed by atoms with Crippen molar-refractivity contribution in [1.29, 1.82) is 0 Å². The molecule has 57 heavy (non-hydrogen) atoms. The van der Waals surface area contributed by atoms with E-state index in [1.807, 2.05) is 36.5 Å². The van der Waals surface area contributed by atoms with Gasteiger partial charge in [0.25, 0.3) is 0 Å². The molecule has 0 amide bonds. The summed E-state index contributed by atoms with van der Waals surface area (Å²) in [6.45, 7) is 2.13. The van der Waals surface area contributed by atoms with E-state index in [2.05, 4.69) is 151 Å². The minimum atomic E-state index is 0.654. The second kappa shape index (κ2) is 13.3. The van der Waals surface area contributed by atoms with Crippen LogP contribution in [-0.2, 0) is 0 Å². The van der Waals surface area contributed by atoms with E-state index < -0.39 is 0 Å². The number of para-hydroxylation sites is 2. The fraction of sp³-hybridized carbons (Fsp3) is 0.0192. The maximum Gasteiger partial charge on any atom is 0.160 e. The molecule has 7 aromatic carbocycles. The van der Waals surface area contributed by atoms with Crippen molar-refractivity contribution in [3.05, 3.63) is 188 Å². The van der Waals surface area contributed by atoms with Crippen molar-refractivity contribution in [2.75, 3.05) is 0 Å². The van der Waals surface area contributed by atoms with Crippen LogP contribution >= 0.6 is 0 Å². The molecule has 0 fully saturated rings. The van der Waals surface area contributed by atoms with Crippen LogP contribution in [0.15, 0.2) is 191 Å². The number of aryl methyl sites for hydroxylation is 1. The van der Waals surface area contributed by atoms with Gasteiger partial charge in [0.2, 0.25) is 0 Å². The third-order valence-corrected chi connectivity index (χ3v) is 10.9. The van der Waals surface area contributed by atoms with E-state index in [1.54, 1.807) is 6.20 Å². The number of aromatic nitrogens is 3. The third-order valence-electron chi connectivity index (χ3n) is 10.9. The lowest BCUT2D eigenvalue weighted by atomic mass is 9.93. The quantitative estimate of drug-likeness (QED) is 0.170. The van der Waals surface area contributed by atoms with E-state index >= 15 is 0 Å². The number of fused-ring (bicyclic) bond motifs is 6. The molecule has 4 aromatic heterocycles. The summed E-state index contributed by atoms with van der Waals surface area (Å²) in [6, 6.07) is 59.1. The minimum Gasteiger partial charge on any atom is -0.456 e. The van der Waals surface area contributed by atoms with E-state index in [9.17, 15) is 0 Å². The van der Waals surface area contributed by atoms with E-state index in [4.69, 9.17) is 18.8 Å². The first kappa shape index (κ1) is 32.8. The molecule has 11 rings (SSSR count). The van der Waals surface area contributed by atoms with Crippen LogP contribution in [0.4, 0.5) is 0 Å². The van der Waals surface area contributed by atoms with Crippen molar-refractivity contribution < 1.29 is 8.83 Å². The zero-order valence-electron chi connectivity index (χ0n) is 31.0. The Morgan fingerprint density at radius 2 is 0.912 bits per heavy atom. The molecule has 268 valence electrons. The molecule has 11 aromatic rings. The van der Waals surface area contributed by atoms with Gasteiger partial charge in [0.05, 0.1) is 11.4 Å². The second-order valence-electron chi connectivity index (χ2n) is 14.5. The minimum absolute atomic E-state index is 0.654. The Morgan fingerprint density at radius 1 is 0.368 bits per heavy atom. The summed E-state index contributed by atoms with van der Waals surface area (Å²) in [4.78, 5) is 14.9. The molecule has 0 aliphatic rings. The van der Waals surface area contributed by atoms with Gasteiger partial charge in [-0.2, -0.15) is 0 Å². The molecule has 0 unspecified atom stereocenters. The van der Waals surface area contributed by atoms with Crippen LogP contribution in [0.5, 0.6) is 0 Å². The molecule has 5 nitrogen and oxygen atoms in total. The topological polar surface area (TPSA) is 65.0 Å². The summed E-state index contributed by atoms with van der Waals surface area (Å²) in [5, 5.41) is 4.36. The number of benzene rings is 7. The van der Waals surface area contributed by atoms with Crippen LogP contribution in [0.25, 0.3) is 111 Å². The van der Waals surface area contributed by atoms with Gasteiger partial charge in [-0.1, -0.05) is 97.1 Å². The molecule has 0 N–H and O–H groups in total. The van der Waals surface area contributed by atoms with Gasteiger partial charge >= 0.3 is 0 Å². The van der Waals surface area contributed by atoms with Crippen molar-refractivity contribution in [1.82, 2.24) is 15.0 Å². The largest absolute Gasteiger partial charge is 0.456 e. The first-order valence-electron chi connectivity index (χ1n) is 19.1. The highest BCUT2D eigenvalue weighted by Gasteiger charge is 2.17. The molecule has 0 bridgehead atoms. The fourth-order valence-electron chi connectivity index (χ4n) is 8.01. The van der Waals surface area contributed by atoms with Crippen LogP contribution in [0.1, 0.15) is 5.56 Å². The molecule has 0 atom stereocenters. The first-order valence-corrected chi connectivity index (χ1v) is 19.1. The van der Waals surface area contributed by atoms with E-state index in [-0.39, 0.29) is 0 Å². The number of furan rings is 2. The van der Waals surface area contributed by atoms with Gasteiger partial charge in [-0.05, 0) is 113 Å². The van der Waals surface area contributed by atoms with Gasteiger partial charge in [-0.15, -0.1) is 0 Å². The summed E-state index contributed by atoms with van der Waals surface area (Å²) in [5.41, 5.74) is 15.7. The van der Waals surface area contributed by atoms with Crippen molar-refractivity contribution in [2.24, 2.45) is 0 Å². The Kier molecular flexibility index (Phi) is 7.64. The highest BCUT2D eigenvalue weighted by Crippen LogP contribution is 2.39. The number of nitrogens with zero attached hydrogens (tertiary/aromatic N) is 3. The SMILES string of the molecule is Cc1ccccc1-c1cc(-c2cc(-c3ccc4oc5ccccc5c4c3)cc(-c3ccc4oc5ccccc5c4c3)c2)nc(-c2cccc(-c3cccnc3)c2)n1. The van der Waals surface area contributed by atoms with Gasteiger partial charge in [-0.25, -0.2) is 9.97 Å². The normalized spacial score (nSPS) is 11.6. The van der Waals surface area contributed by atoms with Crippen LogP contribution < -0.4 is 0 Å². The summed E-state index contributed by atoms with van der Waals surface area (Å²) in [6.07, 6.45) is 3.68. The molecule has 0 radical (unpaired) electrons. The average Bonchev–Trinajstić information content (AvgIpc) is 3.84. The first-order chi connectivity index (χ1) is 28.1. The lowest BCUT2D eigenvalue weighted by molar-refractivity contribution is 0.668. The molecular formula is C52H33N3O2. The molecule has 0 aliphatic carbocycles. The highest BCUT2D eigenvalue weighted by atomic mass is 16.3. The third kappa shape index (κ3) is 5.85. The Hall–Kier alpha value is -7.63. The summed E-state index contributed by atoms with van der Waals surface area (Å²) < 4.78 is 12.5. The number of hydrogen-bond donors (Lipinski definition) is 0. The van der Waals surface area contributed by atoms with E-state index in [1.165, 1.54) is 0 Å². The lowest BCUT2D eigenvalue weighted by Crippen LogP contribution is -1.98. The maximum atomic E-state index is 6.23. The zero-order chi connectivity index (χ0) is 37.9. The zero-order valence-corrected chi connectivity index (χ0v) is 31.0. The Morgan fingerprint density at radius 3 is 1.58 bits per heavy atom. The predicted octanol–water partition coefficient (Wildman–Crippen LogP) is 14.0. The number of pyridine rings is 1. The number of rotatable bonds is 6. The summed E-state index contributed by atoms with van der Waals surface area (Å²) >= 11 is 0. The van der Waals surface area contributed by atoms with Crippen molar-refractivity contribution in [2.45, 2.75) is 6.92 Å². The molecule has 5 heteroatoms. The van der Waals surface area contributed by atoms with Gasteiger partial charge < -0.3 is 8.83 Å². The Balaban J connectivity index is 1.14. The molecule has 4 heterocycles. The summed E-state index contributed by atoms with van der Waals surface area (Å²) in [7, 11) is 0. The predicted molar refractivity (Wildman–Crippen MR) is 232 cm³/mol. The maximum absolute atomic E-state index is 6.23. The molecule has 0 spiro atoms. The second-order valence-corrected chi connectivity index (χ2v) is 14.5. The summed E-state index contributed by atoms with van der Waals surface area (Å²) in [5.74, 6) is 0.654. The molecule has 0 saturated heterocycles. The van der Waals surface area contributed by atoms with Gasteiger partial charge in [0.1, 0.15) is 22.3 Å². The van der Waals surface area contributed by atoms with Crippen molar-refractivity contribution in [3.8, 4) is 67.3 Å². The molecular weight excluding hydrogens is 699 g/mol. The molecule has 0 saturated carbocycles. The van der Waals surface area contributed by atoms with Crippen LogP contribution in [0, 0.1) is 6.92 Å². The van der Waals surface area contributed by atoms with Crippen molar-refractivity contribution in [3.63, 3.8) is 0 Å².